The van der Waals surface area contributed by atoms with Crippen LogP contribution in [-0.4, -0.2) is 62.2 Å². The van der Waals surface area contributed by atoms with Crippen molar-refractivity contribution in [2.75, 3.05) is 19.7 Å². The van der Waals surface area contributed by atoms with E-state index in [9.17, 15) is 14.7 Å². The van der Waals surface area contributed by atoms with Crippen molar-refractivity contribution in [2.45, 2.75) is 65.5 Å². The topological polar surface area (TPSA) is 78.7 Å². The molecule has 0 fully saturated rings. The summed E-state index contributed by atoms with van der Waals surface area (Å²) in [6.45, 7) is 7.67. The fourth-order valence-electron chi connectivity index (χ4n) is 5.93. The number of hydrogen-bond donors (Lipinski definition) is 1. The Hall–Kier alpha value is -3.65. The molecule has 1 aliphatic heterocycles. The summed E-state index contributed by atoms with van der Waals surface area (Å²) in [7, 11) is 0. The van der Waals surface area contributed by atoms with Crippen LogP contribution in [0.5, 0.6) is 0 Å². The van der Waals surface area contributed by atoms with E-state index in [1.807, 2.05) is 66.4 Å². The van der Waals surface area contributed by atoms with Crippen LogP contribution in [0.1, 0.15) is 77.2 Å². The first-order valence-corrected chi connectivity index (χ1v) is 16.5. The van der Waals surface area contributed by atoms with Gasteiger partial charge >= 0.3 is 0 Å². The molecule has 1 aliphatic rings. The van der Waals surface area contributed by atoms with Gasteiger partial charge in [-0.25, -0.2) is 4.68 Å². The monoisotopic (exact) mass is 646 g/mol. The van der Waals surface area contributed by atoms with Gasteiger partial charge in [0.05, 0.1) is 33.9 Å². The summed E-state index contributed by atoms with van der Waals surface area (Å²) in [6, 6.07) is 20.3. The molecule has 0 saturated carbocycles. The van der Waals surface area contributed by atoms with Crippen LogP contribution in [0, 0.1) is 6.92 Å². The third kappa shape index (κ3) is 6.96. The number of hydrogen-bond acceptors (Lipinski definition) is 4. The molecule has 0 aliphatic carbocycles. The van der Waals surface area contributed by atoms with Crippen molar-refractivity contribution >= 4 is 35.0 Å². The molecule has 9 heteroatoms. The van der Waals surface area contributed by atoms with Crippen LogP contribution in [-0.2, 0) is 13.0 Å². The summed E-state index contributed by atoms with van der Waals surface area (Å²) < 4.78 is 1.67. The quantitative estimate of drug-likeness (QED) is 0.181. The molecule has 0 unspecified atom stereocenters. The van der Waals surface area contributed by atoms with E-state index >= 15 is 0 Å². The summed E-state index contributed by atoms with van der Waals surface area (Å²) in [5, 5.41) is 16.0. The standard InChI is InChI=1S/C36H40Cl2N4O3/c1-4-6-17-40(18-7-5-2)36(45)32-19-24(3)42(39-32)33-16-15-26(29-13-10-14-31(37)34(29)38)21-30(33)35(44)41-22-27-12-9-8-11-25(27)20-28(41)23-43/h8-16,19,21,28,43H,4-7,17-18,20,22-23H2,1-3H3/t28-/m0/s1. The van der Waals surface area contributed by atoms with E-state index < -0.39 is 0 Å². The molecule has 0 radical (unpaired) electrons. The van der Waals surface area contributed by atoms with E-state index in [-0.39, 0.29) is 24.5 Å². The molecule has 2 heterocycles. The van der Waals surface area contributed by atoms with E-state index in [0.29, 0.717) is 58.6 Å². The van der Waals surface area contributed by atoms with Crippen LogP contribution in [0.4, 0.5) is 0 Å². The number of aliphatic hydroxyl groups is 1. The summed E-state index contributed by atoms with van der Waals surface area (Å²) in [4.78, 5) is 31.8. The van der Waals surface area contributed by atoms with Gasteiger partial charge in [0, 0.05) is 30.9 Å². The second-order valence-corrected chi connectivity index (χ2v) is 12.4. The number of amides is 2. The van der Waals surface area contributed by atoms with Gasteiger partial charge in [0.15, 0.2) is 5.69 Å². The second-order valence-electron chi connectivity index (χ2n) is 11.7. The molecule has 1 aromatic heterocycles. The Morgan fingerprint density at radius 3 is 2.36 bits per heavy atom. The minimum Gasteiger partial charge on any atom is -0.394 e. The summed E-state index contributed by atoms with van der Waals surface area (Å²) >= 11 is 13.0. The van der Waals surface area contributed by atoms with Crippen molar-refractivity contribution in [3.8, 4) is 16.8 Å². The average molecular weight is 648 g/mol. The number of fused-ring (bicyclic) bond motifs is 1. The number of aromatic nitrogens is 2. The zero-order valence-electron chi connectivity index (χ0n) is 26.1. The van der Waals surface area contributed by atoms with E-state index in [1.165, 1.54) is 0 Å². The van der Waals surface area contributed by atoms with Crippen LogP contribution in [0.15, 0.2) is 66.7 Å². The predicted molar refractivity (Wildman–Crippen MR) is 180 cm³/mol. The molecule has 0 spiro atoms. The number of carbonyl (C=O) groups is 2. The zero-order chi connectivity index (χ0) is 32.1. The van der Waals surface area contributed by atoms with E-state index in [2.05, 4.69) is 13.8 Å². The number of rotatable bonds is 11. The van der Waals surface area contributed by atoms with E-state index in [0.717, 1.165) is 48.1 Å². The highest BCUT2D eigenvalue weighted by Gasteiger charge is 2.32. The number of nitrogens with zero attached hydrogens (tertiary/aromatic N) is 4. The summed E-state index contributed by atoms with van der Waals surface area (Å²) in [5.41, 5.74) is 5.61. The van der Waals surface area contributed by atoms with Gasteiger partial charge in [-0.15, -0.1) is 0 Å². The number of benzene rings is 3. The highest BCUT2D eigenvalue weighted by atomic mass is 35.5. The number of unbranched alkanes of at least 4 members (excludes halogenated alkanes) is 2. The van der Waals surface area contributed by atoms with Crippen LogP contribution in [0.3, 0.4) is 0 Å². The van der Waals surface area contributed by atoms with Crippen molar-refractivity contribution in [1.29, 1.82) is 0 Å². The fourth-order valence-corrected chi connectivity index (χ4v) is 6.34. The molecule has 1 N–H and O–H groups in total. The van der Waals surface area contributed by atoms with Gasteiger partial charge in [-0.1, -0.05) is 92.4 Å². The maximum atomic E-state index is 14.5. The van der Waals surface area contributed by atoms with Gasteiger partial charge in [0.25, 0.3) is 11.8 Å². The number of carbonyl (C=O) groups excluding carboxylic acids is 2. The van der Waals surface area contributed by atoms with Crippen molar-refractivity contribution < 1.29 is 14.7 Å². The first kappa shape index (κ1) is 32.7. The predicted octanol–water partition coefficient (Wildman–Crippen LogP) is 7.76. The lowest BCUT2D eigenvalue weighted by atomic mass is 9.93. The number of aryl methyl sites for hydroxylation is 1. The Morgan fingerprint density at radius 1 is 0.956 bits per heavy atom. The third-order valence-corrected chi connectivity index (χ3v) is 9.32. The van der Waals surface area contributed by atoms with Crippen molar-refractivity contribution in [1.82, 2.24) is 19.6 Å². The Labute approximate surface area is 275 Å². The molecule has 0 bridgehead atoms. The van der Waals surface area contributed by atoms with Crippen LogP contribution in [0.25, 0.3) is 16.8 Å². The maximum absolute atomic E-state index is 14.5. The molecular formula is C36H40Cl2N4O3. The molecule has 7 nitrogen and oxygen atoms in total. The molecule has 1 atom stereocenters. The highest BCUT2D eigenvalue weighted by Crippen LogP contribution is 2.36. The molecule has 3 aromatic carbocycles. The van der Waals surface area contributed by atoms with Crippen LogP contribution < -0.4 is 0 Å². The Balaban J connectivity index is 1.60. The van der Waals surface area contributed by atoms with Crippen LogP contribution >= 0.6 is 23.2 Å². The first-order valence-electron chi connectivity index (χ1n) is 15.7. The Morgan fingerprint density at radius 2 is 1.67 bits per heavy atom. The summed E-state index contributed by atoms with van der Waals surface area (Å²) in [6.07, 6.45) is 4.39. The molecule has 4 aromatic rings. The molecular weight excluding hydrogens is 607 g/mol. The summed E-state index contributed by atoms with van der Waals surface area (Å²) in [5.74, 6) is -0.351. The zero-order valence-corrected chi connectivity index (χ0v) is 27.6. The van der Waals surface area contributed by atoms with Crippen molar-refractivity contribution in [3.05, 3.63) is 105 Å². The first-order chi connectivity index (χ1) is 21.8. The average Bonchev–Trinajstić information content (AvgIpc) is 3.45. The molecule has 236 valence electrons. The lowest BCUT2D eigenvalue weighted by Crippen LogP contribution is -2.46. The molecule has 5 rings (SSSR count). The Kier molecular flexibility index (Phi) is 10.6. The highest BCUT2D eigenvalue weighted by molar-refractivity contribution is 6.43. The van der Waals surface area contributed by atoms with Gasteiger partial charge in [-0.3, -0.25) is 9.59 Å². The van der Waals surface area contributed by atoms with Crippen molar-refractivity contribution in [2.24, 2.45) is 0 Å². The smallest absolute Gasteiger partial charge is 0.274 e. The maximum Gasteiger partial charge on any atom is 0.274 e. The van der Waals surface area contributed by atoms with E-state index in [1.54, 1.807) is 21.7 Å². The lowest BCUT2D eigenvalue weighted by Gasteiger charge is -2.36. The fraction of sp³-hybridized carbons (Fsp3) is 0.361. The third-order valence-electron chi connectivity index (χ3n) is 8.50. The van der Waals surface area contributed by atoms with Gasteiger partial charge < -0.3 is 14.9 Å². The van der Waals surface area contributed by atoms with E-state index in [4.69, 9.17) is 28.3 Å². The Bertz CT molecular complexity index is 1680. The second kappa shape index (κ2) is 14.6. The van der Waals surface area contributed by atoms with Gasteiger partial charge in [-0.2, -0.15) is 5.10 Å². The van der Waals surface area contributed by atoms with Gasteiger partial charge in [0.1, 0.15) is 0 Å². The largest absolute Gasteiger partial charge is 0.394 e. The normalized spacial score (nSPS) is 14.4. The lowest BCUT2D eigenvalue weighted by molar-refractivity contribution is 0.0544. The van der Waals surface area contributed by atoms with Gasteiger partial charge in [-0.05, 0) is 67.1 Å². The SMILES string of the molecule is CCCCN(CCCC)C(=O)c1cc(C)n(-c2ccc(-c3cccc(Cl)c3Cl)cc2C(=O)N2Cc3ccccc3C[C@H]2CO)n1. The minimum absolute atomic E-state index is 0.109. The molecule has 0 saturated heterocycles. The van der Waals surface area contributed by atoms with Crippen molar-refractivity contribution in [3.63, 3.8) is 0 Å². The minimum atomic E-state index is -0.389. The molecule has 45 heavy (non-hydrogen) atoms. The molecule has 2 amide bonds. The van der Waals surface area contributed by atoms with Crippen LogP contribution in [0.2, 0.25) is 10.0 Å². The number of aliphatic hydroxyl groups excluding tert-OH is 1. The number of halogens is 2. The van der Waals surface area contributed by atoms with Gasteiger partial charge in [0.2, 0.25) is 0 Å².